The largest absolute Gasteiger partial charge is 0.300 e. The molecule has 1 aromatic carbocycles. The molecular weight excluding hydrogens is 218 g/mol. The zero-order valence-corrected chi connectivity index (χ0v) is 9.55. The molecule has 0 bridgehead atoms. The van der Waals surface area contributed by atoms with E-state index in [4.69, 9.17) is 0 Å². The number of nitrogens with zero attached hydrogens (tertiary/aromatic N) is 1. The van der Waals surface area contributed by atoms with Crippen LogP contribution in [-0.4, -0.2) is 17.6 Å². The van der Waals surface area contributed by atoms with Gasteiger partial charge in [-0.05, 0) is 19.1 Å². The highest BCUT2D eigenvalue weighted by atomic mass is 16.2. The molecule has 1 aromatic rings. The van der Waals surface area contributed by atoms with Gasteiger partial charge in [0, 0.05) is 12.8 Å². The highest BCUT2D eigenvalue weighted by Gasteiger charge is 2.39. The number of benzene rings is 1. The molecule has 0 spiro atoms. The Morgan fingerprint density at radius 3 is 2.53 bits per heavy atom. The normalized spacial score (nSPS) is 19.8. The van der Waals surface area contributed by atoms with Crippen LogP contribution in [0.5, 0.6) is 0 Å². The summed E-state index contributed by atoms with van der Waals surface area (Å²) in [7, 11) is 0. The van der Waals surface area contributed by atoms with E-state index in [0.29, 0.717) is 5.69 Å². The smallest absolute Gasteiger partial charge is 0.237 e. The molecule has 4 nitrogen and oxygen atoms in total. The number of anilines is 1. The Balaban J connectivity index is 2.23. The Morgan fingerprint density at radius 2 is 1.94 bits per heavy atom. The molecule has 4 heteroatoms. The van der Waals surface area contributed by atoms with Crippen molar-refractivity contribution in [1.29, 1.82) is 0 Å². The third-order valence-corrected chi connectivity index (χ3v) is 2.79. The van der Waals surface area contributed by atoms with E-state index in [2.05, 4.69) is 0 Å². The lowest BCUT2D eigenvalue weighted by Gasteiger charge is -2.14. The van der Waals surface area contributed by atoms with Gasteiger partial charge in [-0.3, -0.25) is 14.5 Å². The van der Waals surface area contributed by atoms with Gasteiger partial charge in [0.2, 0.25) is 11.8 Å². The van der Waals surface area contributed by atoms with E-state index in [1.165, 1.54) is 11.8 Å². The molecule has 0 unspecified atom stereocenters. The summed E-state index contributed by atoms with van der Waals surface area (Å²) < 4.78 is 0. The van der Waals surface area contributed by atoms with E-state index in [0.717, 1.165) is 0 Å². The standard InChI is InChI=1S/C13H13NO3/c1-9(15)7-10-8-12(16)14(13(10)17)11-5-3-2-4-6-11/h2-6,10H,7-8H2,1H3/t10-/m1/s1. The predicted molar refractivity (Wildman–Crippen MR) is 62.3 cm³/mol. The van der Waals surface area contributed by atoms with Crippen molar-refractivity contribution in [3.05, 3.63) is 30.3 Å². The summed E-state index contributed by atoms with van der Waals surface area (Å²) in [6, 6.07) is 8.79. The molecule has 1 aliphatic rings. The van der Waals surface area contributed by atoms with Gasteiger partial charge in [-0.2, -0.15) is 0 Å². The zero-order valence-electron chi connectivity index (χ0n) is 9.55. The lowest BCUT2D eigenvalue weighted by atomic mass is 10.0. The lowest BCUT2D eigenvalue weighted by molar-refractivity contribution is -0.125. The SMILES string of the molecule is CC(=O)C[C@@H]1CC(=O)N(c2ccccc2)C1=O. The Labute approximate surface area is 99.2 Å². The fourth-order valence-electron chi connectivity index (χ4n) is 2.05. The van der Waals surface area contributed by atoms with Crippen LogP contribution in [0.4, 0.5) is 5.69 Å². The summed E-state index contributed by atoms with van der Waals surface area (Å²) in [5.41, 5.74) is 0.577. The van der Waals surface area contributed by atoms with Crippen LogP contribution in [0, 0.1) is 5.92 Å². The van der Waals surface area contributed by atoms with Gasteiger partial charge in [0.25, 0.3) is 0 Å². The van der Waals surface area contributed by atoms with E-state index in [-0.39, 0.29) is 30.4 Å². The average molecular weight is 231 g/mol. The maximum atomic E-state index is 12.0. The Hall–Kier alpha value is -1.97. The highest BCUT2D eigenvalue weighted by molar-refractivity contribution is 6.21. The van der Waals surface area contributed by atoms with Crippen molar-refractivity contribution in [1.82, 2.24) is 0 Å². The molecule has 1 aliphatic heterocycles. The van der Waals surface area contributed by atoms with Crippen molar-refractivity contribution in [2.75, 3.05) is 4.90 Å². The molecular formula is C13H13NO3. The summed E-state index contributed by atoms with van der Waals surface area (Å²) in [5, 5.41) is 0. The Bertz CT molecular complexity index is 467. The maximum Gasteiger partial charge on any atom is 0.237 e. The first-order valence-corrected chi connectivity index (χ1v) is 5.51. The number of rotatable bonds is 3. The van der Waals surface area contributed by atoms with Gasteiger partial charge in [-0.1, -0.05) is 18.2 Å². The second kappa shape index (κ2) is 4.49. The number of carbonyl (C=O) groups excluding carboxylic acids is 3. The first kappa shape index (κ1) is 11.5. The monoisotopic (exact) mass is 231 g/mol. The van der Waals surface area contributed by atoms with E-state index < -0.39 is 5.92 Å². The number of amides is 2. The molecule has 2 rings (SSSR count). The molecule has 1 fully saturated rings. The van der Waals surface area contributed by atoms with E-state index in [9.17, 15) is 14.4 Å². The summed E-state index contributed by atoms with van der Waals surface area (Å²) >= 11 is 0. The fourth-order valence-corrected chi connectivity index (χ4v) is 2.05. The van der Waals surface area contributed by atoms with Crippen LogP contribution in [0.15, 0.2) is 30.3 Å². The van der Waals surface area contributed by atoms with Crippen LogP contribution >= 0.6 is 0 Å². The second-order valence-electron chi connectivity index (χ2n) is 4.21. The molecule has 1 heterocycles. The average Bonchev–Trinajstić information content (AvgIpc) is 2.54. The van der Waals surface area contributed by atoms with Crippen LogP contribution in [0.25, 0.3) is 0 Å². The summed E-state index contributed by atoms with van der Waals surface area (Å²) in [6.07, 6.45) is 0.279. The third kappa shape index (κ3) is 2.25. The highest BCUT2D eigenvalue weighted by Crippen LogP contribution is 2.28. The van der Waals surface area contributed by atoms with Crippen molar-refractivity contribution < 1.29 is 14.4 Å². The van der Waals surface area contributed by atoms with E-state index >= 15 is 0 Å². The number of hydrogen-bond donors (Lipinski definition) is 0. The first-order chi connectivity index (χ1) is 8.09. The van der Waals surface area contributed by atoms with Gasteiger partial charge in [-0.25, -0.2) is 0 Å². The van der Waals surface area contributed by atoms with E-state index in [1.807, 2.05) is 6.07 Å². The third-order valence-electron chi connectivity index (χ3n) is 2.79. The van der Waals surface area contributed by atoms with E-state index in [1.54, 1.807) is 24.3 Å². The minimum Gasteiger partial charge on any atom is -0.300 e. The predicted octanol–water partition coefficient (Wildman–Crippen LogP) is 1.55. The number of hydrogen-bond acceptors (Lipinski definition) is 3. The summed E-state index contributed by atoms with van der Waals surface area (Å²) in [6.45, 7) is 1.43. The molecule has 0 aliphatic carbocycles. The summed E-state index contributed by atoms with van der Waals surface area (Å²) in [5.74, 6) is -1.05. The molecule has 17 heavy (non-hydrogen) atoms. The molecule has 0 saturated carbocycles. The molecule has 2 amide bonds. The fraction of sp³-hybridized carbons (Fsp3) is 0.308. The van der Waals surface area contributed by atoms with Crippen molar-refractivity contribution >= 4 is 23.3 Å². The minimum atomic E-state index is -0.486. The van der Waals surface area contributed by atoms with Crippen LogP contribution < -0.4 is 4.90 Å². The van der Waals surface area contributed by atoms with Gasteiger partial charge in [-0.15, -0.1) is 0 Å². The number of para-hydroxylation sites is 1. The van der Waals surface area contributed by atoms with Crippen LogP contribution in [0.2, 0.25) is 0 Å². The lowest BCUT2D eigenvalue weighted by Crippen LogP contribution is -2.30. The van der Waals surface area contributed by atoms with Crippen molar-refractivity contribution in [2.24, 2.45) is 5.92 Å². The van der Waals surface area contributed by atoms with Crippen molar-refractivity contribution in [2.45, 2.75) is 19.8 Å². The maximum absolute atomic E-state index is 12.0. The summed E-state index contributed by atoms with van der Waals surface area (Å²) in [4.78, 5) is 36.0. The van der Waals surface area contributed by atoms with Gasteiger partial charge in [0.15, 0.2) is 0 Å². The van der Waals surface area contributed by atoms with Crippen molar-refractivity contribution in [3.63, 3.8) is 0 Å². The quantitative estimate of drug-likeness (QED) is 0.741. The van der Waals surface area contributed by atoms with Gasteiger partial charge in [0.05, 0.1) is 11.6 Å². The molecule has 0 aromatic heterocycles. The molecule has 1 atom stereocenters. The topological polar surface area (TPSA) is 54.5 Å². The zero-order chi connectivity index (χ0) is 12.4. The second-order valence-corrected chi connectivity index (χ2v) is 4.21. The Kier molecular flexibility index (Phi) is 3.04. The van der Waals surface area contributed by atoms with Gasteiger partial charge < -0.3 is 4.79 Å². The van der Waals surface area contributed by atoms with Crippen LogP contribution in [-0.2, 0) is 14.4 Å². The molecule has 1 saturated heterocycles. The number of Topliss-reactive ketones (excluding diaryl/α,β-unsaturated/α-hetero) is 1. The molecule has 0 radical (unpaired) electrons. The molecule has 0 N–H and O–H groups in total. The van der Waals surface area contributed by atoms with Crippen LogP contribution in [0.1, 0.15) is 19.8 Å². The number of imide groups is 1. The minimum absolute atomic E-state index is 0.0638. The van der Waals surface area contributed by atoms with Gasteiger partial charge >= 0.3 is 0 Å². The van der Waals surface area contributed by atoms with Crippen LogP contribution in [0.3, 0.4) is 0 Å². The Morgan fingerprint density at radius 1 is 1.29 bits per heavy atom. The van der Waals surface area contributed by atoms with Crippen molar-refractivity contribution in [3.8, 4) is 0 Å². The van der Waals surface area contributed by atoms with Gasteiger partial charge in [0.1, 0.15) is 5.78 Å². The molecule has 88 valence electrons. The number of carbonyl (C=O) groups is 3. The first-order valence-electron chi connectivity index (χ1n) is 5.51. The number of ketones is 1.